The van der Waals surface area contributed by atoms with Crippen LogP contribution in [0.2, 0.25) is 0 Å². The molecular formula is C15H24BrN3O. The summed E-state index contributed by atoms with van der Waals surface area (Å²) < 4.78 is 1.08. The minimum atomic E-state index is -0.251. The Morgan fingerprint density at radius 1 is 1.40 bits per heavy atom. The maximum atomic E-state index is 8.72. The molecule has 0 aromatic heterocycles. The molecular weight excluding hydrogens is 318 g/mol. The highest BCUT2D eigenvalue weighted by atomic mass is 79.9. The summed E-state index contributed by atoms with van der Waals surface area (Å²) in [4.78, 5) is 0. The Morgan fingerprint density at radius 2 is 2.10 bits per heavy atom. The first-order valence-electron chi connectivity index (χ1n) is 6.85. The van der Waals surface area contributed by atoms with Gasteiger partial charge >= 0.3 is 0 Å². The first-order valence-corrected chi connectivity index (χ1v) is 7.64. The molecule has 0 amide bonds. The van der Waals surface area contributed by atoms with E-state index in [-0.39, 0.29) is 5.41 Å². The van der Waals surface area contributed by atoms with Crippen molar-refractivity contribution in [2.45, 2.75) is 40.0 Å². The molecule has 0 aliphatic heterocycles. The van der Waals surface area contributed by atoms with E-state index < -0.39 is 0 Å². The second-order valence-corrected chi connectivity index (χ2v) is 6.59. The number of nitrogens with zero attached hydrogens (tertiary/aromatic N) is 1. The number of anilines is 1. The summed E-state index contributed by atoms with van der Waals surface area (Å²) in [5.74, 6) is 0.298. The summed E-state index contributed by atoms with van der Waals surface area (Å²) in [6, 6.07) is 6.26. The van der Waals surface area contributed by atoms with E-state index in [4.69, 9.17) is 10.9 Å². The Labute approximate surface area is 129 Å². The number of oxime groups is 1. The predicted molar refractivity (Wildman–Crippen MR) is 88.4 cm³/mol. The fourth-order valence-corrected chi connectivity index (χ4v) is 2.34. The predicted octanol–water partition coefficient (Wildman–Crippen LogP) is 4.11. The van der Waals surface area contributed by atoms with E-state index in [1.54, 1.807) is 0 Å². The number of hydrogen-bond donors (Lipinski definition) is 3. The summed E-state index contributed by atoms with van der Waals surface area (Å²) in [6.45, 7) is 6.98. The summed E-state index contributed by atoms with van der Waals surface area (Å²) >= 11 is 3.54. The van der Waals surface area contributed by atoms with Crippen LogP contribution in [0.4, 0.5) is 5.69 Å². The number of nitrogens with one attached hydrogen (secondary N) is 1. The van der Waals surface area contributed by atoms with Crippen LogP contribution in [0.3, 0.4) is 0 Å². The number of aryl methyl sites for hydroxylation is 1. The van der Waals surface area contributed by atoms with Gasteiger partial charge in [0.25, 0.3) is 0 Å². The van der Waals surface area contributed by atoms with Crippen LogP contribution < -0.4 is 11.1 Å². The molecule has 0 fully saturated rings. The van der Waals surface area contributed by atoms with Crippen molar-refractivity contribution in [3.63, 3.8) is 0 Å². The van der Waals surface area contributed by atoms with Crippen molar-refractivity contribution in [2.24, 2.45) is 16.3 Å². The third-order valence-corrected chi connectivity index (χ3v) is 4.16. The standard InChI is InChI=1S/C15H24BrN3O/c1-11-6-7-12(16)13(10-11)18-9-5-4-8-15(2,3)14(17)19-20/h6-7,10,18,20H,4-5,8-9H2,1-3H3,(H2,17,19). The monoisotopic (exact) mass is 341 g/mol. The van der Waals surface area contributed by atoms with Crippen LogP contribution in [-0.4, -0.2) is 17.6 Å². The third-order valence-electron chi connectivity index (χ3n) is 3.47. The maximum Gasteiger partial charge on any atom is 0.144 e. The molecule has 20 heavy (non-hydrogen) atoms. The lowest BCUT2D eigenvalue weighted by Crippen LogP contribution is -2.31. The Balaban J connectivity index is 2.34. The van der Waals surface area contributed by atoms with Crippen LogP contribution in [0.5, 0.6) is 0 Å². The SMILES string of the molecule is Cc1ccc(Br)c(NCCCCC(C)(C)/C(N)=N/O)c1. The van der Waals surface area contributed by atoms with E-state index in [2.05, 4.69) is 51.5 Å². The van der Waals surface area contributed by atoms with Crippen LogP contribution in [-0.2, 0) is 0 Å². The van der Waals surface area contributed by atoms with E-state index in [1.165, 1.54) is 5.56 Å². The summed E-state index contributed by atoms with van der Waals surface area (Å²) in [5.41, 5.74) is 7.79. The van der Waals surface area contributed by atoms with Gasteiger partial charge in [0.15, 0.2) is 0 Å². The van der Waals surface area contributed by atoms with Gasteiger partial charge < -0.3 is 16.3 Å². The minimum absolute atomic E-state index is 0.251. The summed E-state index contributed by atoms with van der Waals surface area (Å²) in [5, 5.41) is 15.2. The van der Waals surface area contributed by atoms with Crippen LogP contribution in [0, 0.1) is 12.3 Å². The van der Waals surface area contributed by atoms with Gasteiger partial charge in [0, 0.05) is 22.1 Å². The van der Waals surface area contributed by atoms with Gasteiger partial charge in [-0.3, -0.25) is 0 Å². The van der Waals surface area contributed by atoms with Gasteiger partial charge in [-0.1, -0.05) is 31.5 Å². The quantitative estimate of drug-likeness (QED) is 0.230. The van der Waals surface area contributed by atoms with Crippen LogP contribution in [0.1, 0.15) is 38.7 Å². The summed E-state index contributed by atoms with van der Waals surface area (Å²) in [6.07, 6.45) is 2.97. The molecule has 5 heteroatoms. The number of unbranched alkanes of at least 4 members (excludes halogenated alkanes) is 1. The van der Waals surface area contributed by atoms with Crippen molar-refractivity contribution in [2.75, 3.05) is 11.9 Å². The molecule has 0 unspecified atom stereocenters. The van der Waals surface area contributed by atoms with Gasteiger partial charge in [-0.15, -0.1) is 0 Å². The molecule has 112 valence electrons. The van der Waals surface area contributed by atoms with Crippen molar-refractivity contribution < 1.29 is 5.21 Å². The van der Waals surface area contributed by atoms with Crippen molar-refractivity contribution >= 4 is 27.5 Å². The number of halogens is 1. The molecule has 0 aliphatic rings. The van der Waals surface area contributed by atoms with Gasteiger partial charge in [-0.2, -0.15) is 0 Å². The first-order chi connectivity index (χ1) is 9.36. The molecule has 0 atom stereocenters. The zero-order chi connectivity index (χ0) is 15.2. The molecule has 0 saturated heterocycles. The zero-order valence-corrected chi connectivity index (χ0v) is 14.0. The van der Waals surface area contributed by atoms with Crippen molar-refractivity contribution in [3.05, 3.63) is 28.2 Å². The van der Waals surface area contributed by atoms with E-state index in [9.17, 15) is 0 Å². The molecule has 1 aromatic rings. The highest BCUT2D eigenvalue weighted by Crippen LogP contribution is 2.25. The zero-order valence-electron chi connectivity index (χ0n) is 12.4. The van der Waals surface area contributed by atoms with Crippen LogP contribution >= 0.6 is 15.9 Å². The van der Waals surface area contributed by atoms with Gasteiger partial charge in [-0.25, -0.2) is 0 Å². The molecule has 1 aromatic carbocycles. The molecule has 4 N–H and O–H groups in total. The second-order valence-electron chi connectivity index (χ2n) is 5.74. The number of nitrogens with two attached hydrogens (primary N) is 1. The molecule has 0 aliphatic carbocycles. The topological polar surface area (TPSA) is 70.6 Å². The van der Waals surface area contributed by atoms with Crippen molar-refractivity contribution in [1.82, 2.24) is 0 Å². The minimum Gasteiger partial charge on any atom is -0.409 e. The molecule has 0 radical (unpaired) electrons. The molecule has 1 rings (SSSR count). The fourth-order valence-electron chi connectivity index (χ4n) is 1.95. The maximum absolute atomic E-state index is 8.72. The lowest BCUT2D eigenvalue weighted by molar-refractivity contribution is 0.304. The number of hydrogen-bond acceptors (Lipinski definition) is 3. The average molecular weight is 342 g/mol. The fraction of sp³-hybridized carbons (Fsp3) is 0.533. The normalized spacial score (nSPS) is 12.5. The van der Waals surface area contributed by atoms with E-state index in [1.807, 2.05) is 13.8 Å². The number of rotatable bonds is 7. The molecule has 0 bridgehead atoms. The smallest absolute Gasteiger partial charge is 0.144 e. The largest absolute Gasteiger partial charge is 0.409 e. The first kappa shape index (κ1) is 16.8. The number of benzene rings is 1. The third kappa shape index (κ3) is 5.04. The van der Waals surface area contributed by atoms with Gasteiger partial charge in [0.05, 0.1) is 0 Å². The average Bonchev–Trinajstić information content (AvgIpc) is 2.41. The molecule has 0 spiro atoms. The van der Waals surface area contributed by atoms with E-state index in [0.29, 0.717) is 5.84 Å². The van der Waals surface area contributed by atoms with Crippen LogP contribution in [0.25, 0.3) is 0 Å². The lowest BCUT2D eigenvalue weighted by atomic mass is 9.86. The Hall–Kier alpha value is -1.23. The molecule has 0 heterocycles. The van der Waals surface area contributed by atoms with Crippen molar-refractivity contribution in [1.29, 1.82) is 0 Å². The molecule has 4 nitrogen and oxygen atoms in total. The van der Waals surface area contributed by atoms with E-state index in [0.717, 1.165) is 36.0 Å². The van der Waals surface area contributed by atoms with E-state index >= 15 is 0 Å². The van der Waals surface area contributed by atoms with Gasteiger partial charge in [0.1, 0.15) is 5.84 Å². The Bertz CT molecular complexity index is 472. The van der Waals surface area contributed by atoms with Gasteiger partial charge in [0.2, 0.25) is 0 Å². The Morgan fingerprint density at radius 3 is 2.75 bits per heavy atom. The van der Waals surface area contributed by atoms with Crippen molar-refractivity contribution in [3.8, 4) is 0 Å². The second kappa shape index (κ2) is 7.53. The molecule has 0 saturated carbocycles. The lowest BCUT2D eigenvalue weighted by Gasteiger charge is -2.22. The van der Waals surface area contributed by atoms with Gasteiger partial charge in [-0.05, 0) is 53.4 Å². The highest BCUT2D eigenvalue weighted by molar-refractivity contribution is 9.10. The highest BCUT2D eigenvalue weighted by Gasteiger charge is 2.22. The summed E-state index contributed by atoms with van der Waals surface area (Å²) in [7, 11) is 0. The Kier molecular flexibility index (Phi) is 6.33. The van der Waals surface area contributed by atoms with Crippen LogP contribution in [0.15, 0.2) is 27.8 Å². The number of amidine groups is 1.